The van der Waals surface area contributed by atoms with E-state index in [9.17, 15) is 14.7 Å². The Bertz CT molecular complexity index is 918. The molecule has 2 fully saturated rings. The second kappa shape index (κ2) is 9.70. The van der Waals surface area contributed by atoms with Gasteiger partial charge in [-0.25, -0.2) is 0 Å². The fourth-order valence-corrected chi connectivity index (χ4v) is 4.65. The van der Waals surface area contributed by atoms with Gasteiger partial charge in [0.1, 0.15) is 17.1 Å². The average molecular weight is 461 g/mol. The molecule has 180 valence electrons. The van der Waals surface area contributed by atoms with Crippen molar-refractivity contribution in [2.75, 3.05) is 52.6 Å². The number of aromatic hydroxyl groups is 1. The van der Waals surface area contributed by atoms with Crippen LogP contribution in [0.1, 0.15) is 37.9 Å². The van der Waals surface area contributed by atoms with Crippen LogP contribution in [0.2, 0.25) is 0 Å². The van der Waals surface area contributed by atoms with Gasteiger partial charge in [-0.15, -0.1) is 0 Å². The SMILES string of the molecule is CC(=O)OC1C(N2CCOCC2)c2c(ccc(C=CC(=O)N3CCOCC3)c2O)OC1(C)C. The number of carbonyl (C=O) groups excluding carboxylic acids is 2. The lowest BCUT2D eigenvalue weighted by atomic mass is 9.83. The monoisotopic (exact) mass is 460 g/mol. The third-order valence-electron chi connectivity index (χ3n) is 6.31. The molecule has 0 radical (unpaired) electrons. The summed E-state index contributed by atoms with van der Waals surface area (Å²) in [7, 11) is 0. The lowest BCUT2D eigenvalue weighted by molar-refractivity contribution is -0.172. The summed E-state index contributed by atoms with van der Waals surface area (Å²) in [6.07, 6.45) is 2.44. The molecule has 33 heavy (non-hydrogen) atoms. The summed E-state index contributed by atoms with van der Waals surface area (Å²) in [5.41, 5.74) is 0.250. The Hall–Kier alpha value is -2.62. The molecule has 0 aromatic heterocycles. The van der Waals surface area contributed by atoms with Gasteiger partial charge in [0.15, 0.2) is 6.10 Å². The zero-order valence-electron chi connectivity index (χ0n) is 19.4. The van der Waals surface area contributed by atoms with E-state index in [1.807, 2.05) is 13.8 Å². The maximum atomic E-state index is 12.5. The van der Waals surface area contributed by atoms with Crippen molar-refractivity contribution < 1.29 is 33.6 Å². The molecule has 2 unspecified atom stereocenters. The molecule has 1 N–H and O–H groups in total. The van der Waals surface area contributed by atoms with Crippen LogP contribution in [0.4, 0.5) is 0 Å². The number of phenols is 1. The summed E-state index contributed by atoms with van der Waals surface area (Å²) in [4.78, 5) is 28.4. The number of hydrogen-bond acceptors (Lipinski definition) is 8. The fraction of sp³-hybridized carbons (Fsp3) is 0.583. The van der Waals surface area contributed by atoms with Crippen LogP contribution >= 0.6 is 0 Å². The third kappa shape index (κ3) is 5.00. The number of carbonyl (C=O) groups is 2. The van der Waals surface area contributed by atoms with Crippen LogP contribution in [0.15, 0.2) is 18.2 Å². The maximum absolute atomic E-state index is 12.5. The van der Waals surface area contributed by atoms with Crippen molar-refractivity contribution in [2.45, 2.75) is 38.5 Å². The van der Waals surface area contributed by atoms with Gasteiger partial charge in [-0.05, 0) is 32.1 Å². The first kappa shape index (κ1) is 23.5. The highest BCUT2D eigenvalue weighted by molar-refractivity contribution is 5.92. The van der Waals surface area contributed by atoms with E-state index in [-0.39, 0.29) is 11.7 Å². The first-order valence-electron chi connectivity index (χ1n) is 11.4. The molecule has 0 spiro atoms. The molecule has 3 aliphatic heterocycles. The largest absolute Gasteiger partial charge is 0.507 e. The highest BCUT2D eigenvalue weighted by atomic mass is 16.6. The van der Waals surface area contributed by atoms with Gasteiger partial charge in [0.05, 0.1) is 38.0 Å². The van der Waals surface area contributed by atoms with Gasteiger partial charge >= 0.3 is 5.97 Å². The summed E-state index contributed by atoms with van der Waals surface area (Å²) in [6.45, 7) is 9.63. The van der Waals surface area contributed by atoms with E-state index in [1.165, 1.54) is 13.0 Å². The first-order valence-corrected chi connectivity index (χ1v) is 11.4. The molecule has 0 aliphatic carbocycles. The lowest BCUT2D eigenvalue weighted by Gasteiger charge is -2.48. The molecule has 2 saturated heterocycles. The van der Waals surface area contributed by atoms with Crippen LogP contribution in [0, 0.1) is 0 Å². The van der Waals surface area contributed by atoms with Crippen molar-refractivity contribution in [3.63, 3.8) is 0 Å². The van der Waals surface area contributed by atoms with E-state index in [1.54, 1.807) is 23.1 Å². The minimum absolute atomic E-state index is 0.0164. The Morgan fingerprint density at radius 1 is 1.09 bits per heavy atom. The van der Waals surface area contributed by atoms with Crippen LogP contribution in [0.3, 0.4) is 0 Å². The number of phenolic OH excluding ortho intramolecular Hbond substituents is 1. The summed E-state index contributed by atoms with van der Waals surface area (Å²) in [5, 5.41) is 11.3. The van der Waals surface area contributed by atoms with Crippen LogP contribution in [-0.2, 0) is 23.8 Å². The average Bonchev–Trinajstić information content (AvgIpc) is 2.80. The van der Waals surface area contributed by atoms with Crippen molar-refractivity contribution in [3.05, 3.63) is 29.3 Å². The van der Waals surface area contributed by atoms with Crippen molar-refractivity contribution in [1.29, 1.82) is 0 Å². The van der Waals surface area contributed by atoms with E-state index in [2.05, 4.69) is 4.90 Å². The quantitative estimate of drug-likeness (QED) is 0.536. The molecular formula is C24H32N2O7. The lowest BCUT2D eigenvalue weighted by Crippen LogP contribution is -2.57. The standard InChI is InChI=1S/C24H32N2O7/c1-16(27)32-23-21(26-10-14-31-15-11-26)20-18(33-24(23,2)3)6-4-17(22(20)29)5-7-19(28)25-8-12-30-13-9-25/h4-7,21,23,29H,8-15H2,1-3H3. The number of ether oxygens (including phenoxy) is 4. The van der Waals surface area contributed by atoms with E-state index < -0.39 is 23.7 Å². The summed E-state index contributed by atoms with van der Waals surface area (Å²) in [5.74, 6) is 0.0112. The van der Waals surface area contributed by atoms with Gasteiger partial charge in [0.25, 0.3) is 0 Å². The van der Waals surface area contributed by atoms with E-state index >= 15 is 0 Å². The van der Waals surface area contributed by atoms with Gasteiger partial charge in [-0.1, -0.05) is 0 Å². The molecular weight excluding hydrogens is 428 g/mol. The zero-order chi connectivity index (χ0) is 23.6. The van der Waals surface area contributed by atoms with Crippen LogP contribution in [0.25, 0.3) is 6.08 Å². The van der Waals surface area contributed by atoms with E-state index in [0.29, 0.717) is 69.5 Å². The molecule has 3 heterocycles. The predicted octanol–water partition coefficient (Wildman–Crippen LogP) is 1.74. The normalized spacial score (nSPS) is 25.4. The highest BCUT2D eigenvalue weighted by Gasteiger charge is 2.50. The maximum Gasteiger partial charge on any atom is 0.303 e. The number of benzene rings is 1. The Labute approximate surface area is 193 Å². The van der Waals surface area contributed by atoms with Gasteiger partial charge < -0.3 is 29.0 Å². The number of rotatable bonds is 4. The van der Waals surface area contributed by atoms with Crippen LogP contribution < -0.4 is 4.74 Å². The Morgan fingerprint density at radius 2 is 1.73 bits per heavy atom. The molecule has 2 atom stereocenters. The van der Waals surface area contributed by atoms with Crippen LogP contribution in [0.5, 0.6) is 11.5 Å². The van der Waals surface area contributed by atoms with Crippen molar-refractivity contribution in [2.24, 2.45) is 0 Å². The second-order valence-electron chi connectivity index (χ2n) is 9.01. The Balaban J connectivity index is 1.70. The van der Waals surface area contributed by atoms with E-state index in [0.717, 1.165) is 0 Å². The molecule has 0 saturated carbocycles. The van der Waals surface area contributed by atoms with Crippen molar-refractivity contribution in [1.82, 2.24) is 9.80 Å². The zero-order valence-corrected chi connectivity index (χ0v) is 19.4. The predicted molar refractivity (Wildman–Crippen MR) is 120 cm³/mol. The molecule has 1 amide bonds. The minimum atomic E-state index is -0.808. The third-order valence-corrected chi connectivity index (χ3v) is 6.31. The van der Waals surface area contributed by atoms with Gasteiger partial charge in [0, 0.05) is 44.7 Å². The molecule has 1 aromatic carbocycles. The number of hydrogen-bond donors (Lipinski definition) is 1. The summed E-state index contributed by atoms with van der Waals surface area (Å²) >= 11 is 0. The Morgan fingerprint density at radius 3 is 2.36 bits per heavy atom. The smallest absolute Gasteiger partial charge is 0.303 e. The van der Waals surface area contributed by atoms with Crippen LogP contribution in [-0.4, -0.2) is 91.1 Å². The highest BCUT2D eigenvalue weighted by Crippen LogP contribution is 2.49. The van der Waals surface area contributed by atoms with Gasteiger partial charge in [-0.2, -0.15) is 0 Å². The number of fused-ring (bicyclic) bond motifs is 1. The van der Waals surface area contributed by atoms with Gasteiger partial charge in [0.2, 0.25) is 5.91 Å². The molecule has 3 aliphatic rings. The second-order valence-corrected chi connectivity index (χ2v) is 9.01. The fourth-order valence-electron chi connectivity index (χ4n) is 4.65. The van der Waals surface area contributed by atoms with E-state index in [4.69, 9.17) is 18.9 Å². The summed E-state index contributed by atoms with van der Waals surface area (Å²) in [6, 6.07) is 3.11. The first-order chi connectivity index (χ1) is 15.8. The molecule has 4 rings (SSSR count). The molecule has 9 nitrogen and oxygen atoms in total. The number of esters is 1. The Kier molecular flexibility index (Phi) is 6.92. The number of amides is 1. The molecule has 9 heteroatoms. The topological polar surface area (TPSA) is 97.8 Å². The number of morpholine rings is 2. The minimum Gasteiger partial charge on any atom is -0.507 e. The summed E-state index contributed by atoms with van der Waals surface area (Å²) < 4.78 is 22.8. The number of nitrogens with zero attached hydrogens (tertiary/aromatic N) is 2. The molecule has 0 bridgehead atoms. The van der Waals surface area contributed by atoms with Crippen molar-refractivity contribution >= 4 is 18.0 Å². The van der Waals surface area contributed by atoms with Gasteiger partial charge in [-0.3, -0.25) is 14.5 Å². The molecule has 1 aromatic rings. The van der Waals surface area contributed by atoms with Crippen molar-refractivity contribution in [3.8, 4) is 11.5 Å².